The first-order valence-corrected chi connectivity index (χ1v) is 9.87. The van der Waals surface area contributed by atoms with Crippen molar-refractivity contribution in [3.8, 4) is 5.75 Å². The Morgan fingerprint density at radius 2 is 1.78 bits per heavy atom. The number of carbonyl (C=O) groups excluding carboxylic acids is 1. The third kappa shape index (κ3) is 5.28. The molecule has 0 saturated heterocycles. The molecule has 144 valence electrons. The van der Waals surface area contributed by atoms with Crippen molar-refractivity contribution in [3.63, 3.8) is 0 Å². The third-order valence-electron chi connectivity index (χ3n) is 3.43. The highest BCUT2D eigenvalue weighted by Crippen LogP contribution is 2.26. The first-order chi connectivity index (χ1) is 12.6. The van der Waals surface area contributed by atoms with Crippen LogP contribution in [-0.4, -0.2) is 30.8 Å². The zero-order valence-corrected chi connectivity index (χ0v) is 16.0. The monoisotopic (exact) mass is 411 g/mol. The van der Waals surface area contributed by atoms with Gasteiger partial charge in [-0.15, -0.1) is 0 Å². The van der Waals surface area contributed by atoms with Crippen LogP contribution in [-0.2, 0) is 14.6 Å². The molecule has 0 bridgehead atoms. The topological polar surface area (TPSA) is 128 Å². The number of para-hydroxylation sites is 1. The molecule has 2 aromatic carbocycles. The Hall–Kier alpha value is -2.91. The number of aliphatic hydroxyl groups is 1. The number of anilines is 2. The minimum atomic E-state index is -3.49. The molecule has 2 rings (SSSR count). The summed E-state index contributed by atoms with van der Waals surface area (Å²) in [5, 5.41) is 22.5. The van der Waals surface area contributed by atoms with Gasteiger partial charge in [0.15, 0.2) is 15.5 Å². The van der Waals surface area contributed by atoms with E-state index in [1.165, 1.54) is 25.1 Å². The number of hydrazine groups is 1. The second-order valence-corrected chi connectivity index (χ2v) is 8.02. The van der Waals surface area contributed by atoms with Crippen molar-refractivity contribution in [2.75, 3.05) is 17.0 Å². The molecule has 0 aliphatic carbocycles. The van der Waals surface area contributed by atoms with Gasteiger partial charge >= 0.3 is 0 Å². The van der Waals surface area contributed by atoms with E-state index in [0.29, 0.717) is 10.7 Å². The molecule has 0 unspecified atom stereocenters. The summed E-state index contributed by atoms with van der Waals surface area (Å²) < 4.78 is 23.3. The maximum atomic E-state index is 12.4. The summed E-state index contributed by atoms with van der Waals surface area (Å²) in [6.45, 7) is 1.28. The number of nitrogens with one attached hydrogen (secondary N) is 3. The number of halogens is 1. The van der Waals surface area contributed by atoms with Crippen LogP contribution in [0.5, 0.6) is 5.75 Å². The molecule has 0 aliphatic heterocycles. The number of hydrogen-bond acceptors (Lipinski definition) is 7. The highest BCUT2D eigenvalue weighted by atomic mass is 35.5. The molecule has 0 aliphatic rings. The molecule has 27 heavy (non-hydrogen) atoms. The highest BCUT2D eigenvalue weighted by Gasteiger charge is 2.16. The number of phenols is 1. The largest absolute Gasteiger partial charge is 0.510 e. The normalized spacial score (nSPS) is 12.1. The van der Waals surface area contributed by atoms with E-state index in [9.17, 15) is 23.4 Å². The van der Waals surface area contributed by atoms with E-state index in [2.05, 4.69) is 16.2 Å². The zero-order chi connectivity index (χ0) is 20.2. The average molecular weight is 412 g/mol. The molecule has 0 heterocycles. The van der Waals surface area contributed by atoms with Gasteiger partial charge in [0.2, 0.25) is 0 Å². The summed E-state index contributed by atoms with van der Waals surface area (Å²) in [6.07, 6.45) is 1.02. The van der Waals surface area contributed by atoms with Crippen LogP contribution in [0, 0.1) is 0 Å². The van der Waals surface area contributed by atoms with Crippen molar-refractivity contribution >= 4 is 38.7 Å². The molecule has 2 aromatic rings. The Balaban J connectivity index is 2.20. The Morgan fingerprint density at radius 1 is 1.11 bits per heavy atom. The second kappa shape index (κ2) is 8.19. The van der Waals surface area contributed by atoms with Gasteiger partial charge in [-0.2, -0.15) is 0 Å². The zero-order valence-electron chi connectivity index (χ0n) is 14.4. The second-order valence-electron chi connectivity index (χ2n) is 5.60. The Kier molecular flexibility index (Phi) is 6.19. The number of phenolic OH excluding ortho intramolecular Hbond substituents is 1. The molecule has 0 spiro atoms. The molecule has 10 heteroatoms. The van der Waals surface area contributed by atoms with Crippen molar-refractivity contribution in [2.24, 2.45) is 0 Å². The minimum absolute atomic E-state index is 0.00205. The van der Waals surface area contributed by atoms with Crippen LogP contribution in [0.1, 0.15) is 6.92 Å². The van der Waals surface area contributed by atoms with Gasteiger partial charge in [-0.05, 0) is 37.3 Å². The first kappa shape index (κ1) is 20.4. The molecule has 0 fully saturated rings. The summed E-state index contributed by atoms with van der Waals surface area (Å²) in [5.74, 6) is -1.29. The van der Waals surface area contributed by atoms with Crippen LogP contribution >= 0.6 is 11.6 Å². The van der Waals surface area contributed by atoms with Crippen LogP contribution < -0.4 is 16.2 Å². The Morgan fingerprint density at radius 3 is 2.37 bits per heavy atom. The third-order valence-corrected chi connectivity index (χ3v) is 4.87. The summed E-state index contributed by atoms with van der Waals surface area (Å²) in [4.78, 5) is 12.4. The fourth-order valence-corrected chi connectivity index (χ4v) is 2.86. The summed E-state index contributed by atoms with van der Waals surface area (Å²) in [6, 6.07) is 10.2. The average Bonchev–Trinajstić information content (AvgIpc) is 2.57. The van der Waals surface area contributed by atoms with Crippen LogP contribution in [0.25, 0.3) is 0 Å². The van der Waals surface area contributed by atoms with E-state index in [-0.39, 0.29) is 27.8 Å². The van der Waals surface area contributed by atoms with Gasteiger partial charge in [0.1, 0.15) is 11.5 Å². The predicted molar refractivity (Wildman–Crippen MR) is 103 cm³/mol. The van der Waals surface area contributed by atoms with Gasteiger partial charge in [-0.25, -0.2) is 8.42 Å². The first-order valence-electron chi connectivity index (χ1n) is 7.60. The number of aliphatic hydroxyl groups excluding tert-OH is 1. The number of amides is 1. The number of allylic oxidation sites excluding steroid dienone is 1. The van der Waals surface area contributed by atoms with E-state index in [1.54, 1.807) is 24.3 Å². The molecule has 5 N–H and O–H groups in total. The van der Waals surface area contributed by atoms with E-state index < -0.39 is 15.7 Å². The quantitative estimate of drug-likeness (QED) is 0.214. The number of rotatable bonds is 6. The molecule has 8 nitrogen and oxygen atoms in total. The van der Waals surface area contributed by atoms with Crippen LogP contribution in [0.2, 0.25) is 5.02 Å². The molecule has 1 amide bonds. The standard InChI is InChI=1S/C17H18ClN3O5S/c1-10(22)16(17(24)19-13-6-4-3-5-12(13)18)21-20-14-9-11(27(2,25)26)7-8-15(14)23/h3-9,20-23H,1-2H3,(H,19,24). The molecule has 0 saturated carbocycles. The Labute approximate surface area is 161 Å². The number of hydrogen-bond donors (Lipinski definition) is 5. The van der Waals surface area contributed by atoms with Gasteiger partial charge in [0.05, 0.1) is 21.3 Å². The summed E-state index contributed by atoms with van der Waals surface area (Å²) >= 11 is 5.99. The Bertz CT molecular complexity index is 1000. The lowest BCUT2D eigenvalue weighted by Gasteiger charge is -2.16. The summed E-state index contributed by atoms with van der Waals surface area (Å²) in [5.41, 5.74) is 5.07. The van der Waals surface area contributed by atoms with Gasteiger partial charge in [0.25, 0.3) is 5.91 Å². The van der Waals surface area contributed by atoms with Crippen molar-refractivity contribution in [1.82, 2.24) is 5.43 Å². The van der Waals surface area contributed by atoms with E-state index in [0.717, 1.165) is 6.26 Å². The maximum Gasteiger partial charge on any atom is 0.277 e. The van der Waals surface area contributed by atoms with Gasteiger partial charge in [0, 0.05) is 6.26 Å². The summed E-state index contributed by atoms with van der Waals surface area (Å²) in [7, 11) is -3.49. The highest BCUT2D eigenvalue weighted by molar-refractivity contribution is 7.90. The lowest BCUT2D eigenvalue weighted by Crippen LogP contribution is -2.31. The van der Waals surface area contributed by atoms with Crippen molar-refractivity contribution in [3.05, 3.63) is 58.9 Å². The van der Waals surface area contributed by atoms with Crippen molar-refractivity contribution in [2.45, 2.75) is 11.8 Å². The minimum Gasteiger partial charge on any atom is -0.510 e. The fraction of sp³-hybridized carbons (Fsp3) is 0.118. The molecule has 0 radical (unpaired) electrons. The predicted octanol–water partition coefficient (Wildman–Crippen LogP) is 2.79. The number of sulfone groups is 1. The number of aromatic hydroxyl groups is 1. The molecule has 0 aromatic heterocycles. The van der Waals surface area contributed by atoms with E-state index >= 15 is 0 Å². The van der Waals surface area contributed by atoms with Crippen LogP contribution in [0.15, 0.2) is 58.8 Å². The van der Waals surface area contributed by atoms with Crippen LogP contribution in [0.4, 0.5) is 11.4 Å². The lowest BCUT2D eigenvalue weighted by atomic mass is 10.3. The van der Waals surface area contributed by atoms with Crippen molar-refractivity contribution in [1.29, 1.82) is 0 Å². The number of carbonyl (C=O) groups is 1. The molecular formula is C17H18ClN3O5S. The molecule has 0 atom stereocenters. The van der Waals surface area contributed by atoms with Crippen molar-refractivity contribution < 1.29 is 23.4 Å². The molecular weight excluding hydrogens is 394 g/mol. The van der Waals surface area contributed by atoms with E-state index in [1.807, 2.05) is 0 Å². The smallest absolute Gasteiger partial charge is 0.277 e. The van der Waals surface area contributed by atoms with Gasteiger partial charge in [-0.1, -0.05) is 23.7 Å². The lowest BCUT2D eigenvalue weighted by molar-refractivity contribution is -0.113. The number of benzene rings is 2. The van der Waals surface area contributed by atoms with Gasteiger partial charge in [-0.3, -0.25) is 15.6 Å². The van der Waals surface area contributed by atoms with Gasteiger partial charge < -0.3 is 15.5 Å². The van der Waals surface area contributed by atoms with E-state index in [4.69, 9.17) is 11.6 Å². The van der Waals surface area contributed by atoms with Crippen LogP contribution in [0.3, 0.4) is 0 Å². The fourth-order valence-electron chi connectivity index (χ4n) is 2.03. The maximum absolute atomic E-state index is 12.4. The SMILES string of the molecule is CC(O)=C(NNc1cc(S(C)(=O)=O)ccc1O)C(=O)Nc1ccccc1Cl.